The van der Waals surface area contributed by atoms with Crippen molar-refractivity contribution in [1.29, 1.82) is 0 Å². The van der Waals surface area contributed by atoms with Crippen molar-refractivity contribution in [2.24, 2.45) is 11.0 Å². The summed E-state index contributed by atoms with van der Waals surface area (Å²) >= 11 is 0. The Hall–Kier alpha value is -2.95. The lowest BCUT2D eigenvalue weighted by molar-refractivity contribution is -0.120. The van der Waals surface area contributed by atoms with Crippen molar-refractivity contribution in [3.63, 3.8) is 0 Å². The van der Waals surface area contributed by atoms with Crippen LogP contribution in [0.25, 0.3) is 0 Å². The first-order chi connectivity index (χ1) is 14.2. The normalized spacial score (nSPS) is 18.1. The zero-order valence-corrected chi connectivity index (χ0v) is 16.6. The van der Waals surface area contributed by atoms with Gasteiger partial charge in [0.1, 0.15) is 0 Å². The maximum absolute atomic E-state index is 12.5. The number of carbonyl (C=O) groups excluding carboxylic acids is 2. The van der Waals surface area contributed by atoms with E-state index < -0.39 is 0 Å². The fraction of sp³-hybridized carbons (Fsp3) is 0.375. The Bertz CT molecular complexity index is 912. The van der Waals surface area contributed by atoms with E-state index in [0.29, 0.717) is 5.56 Å². The van der Waals surface area contributed by atoms with Crippen LogP contribution in [0.5, 0.6) is 0 Å². The number of anilines is 1. The summed E-state index contributed by atoms with van der Waals surface area (Å²) in [5.74, 6) is -0.0455. The van der Waals surface area contributed by atoms with Crippen LogP contribution in [0.15, 0.2) is 53.6 Å². The van der Waals surface area contributed by atoms with E-state index in [1.54, 1.807) is 24.3 Å². The van der Waals surface area contributed by atoms with E-state index in [0.717, 1.165) is 61.9 Å². The molecule has 1 saturated carbocycles. The molecule has 4 rings (SSSR count). The van der Waals surface area contributed by atoms with Gasteiger partial charge in [-0.05, 0) is 61.9 Å². The molecular formula is C24H27N3O2. The van der Waals surface area contributed by atoms with E-state index in [2.05, 4.69) is 28.0 Å². The van der Waals surface area contributed by atoms with Crippen LogP contribution in [0.4, 0.5) is 5.69 Å². The van der Waals surface area contributed by atoms with Gasteiger partial charge in [-0.15, -0.1) is 0 Å². The van der Waals surface area contributed by atoms with Crippen LogP contribution in [0.1, 0.15) is 66.4 Å². The number of aryl methyl sites for hydroxylation is 1. The van der Waals surface area contributed by atoms with Crippen molar-refractivity contribution in [2.45, 2.75) is 51.4 Å². The summed E-state index contributed by atoms with van der Waals surface area (Å²) in [6.07, 6.45) is 8.38. The Balaban J connectivity index is 1.37. The van der Waals surface area contributed by atoms with Crippen molar-refractivity contribution >= 4 is 23.2 Å². The summed E-state index contributed by atoms with van der Waals surface area (Å²) in [5.41, 5.74) is 7.27. The molecule has 0 unspecified atom stereocenters. The zero-order chi connectivity index (χ0) is 20.1. The van der Waals surface area contributed by atoms with Crippen LogP contribution in [-0.4, -0.2) is 17.5 Å². The molecule has 5 heteroatoms. The standard InChI is InChI=1S/C24H27N3O2/c28-23(18-8-2-1-3-9-18)25-20-15-13-19(14-16-20)24(29)27-26-22-12-6-10-17-7-4-5-11-21(17)22/h4-5,7,11,13-16,18H,1-3,6,8-10,12H2,(H,25,28)(H,27,29)/b26-22+. The summed E-state index contributed by atoms with van der Waals surface area (Å²) in [6.45, 7) is 0. The molecule has 2 aromatic rings. The van der Waals surface area contributed by atoms with Gasteiger partial charge < -0.3 is 5.32 Å². The Morgan fingerprint density at radius 1 is 0.862 bits per heavy atom. The molecule has 2 amide bonds. The molecule has 1 fully saturated rings. The summed E-state index contributed by atoms with van der Waals surface area (Å²) in [7, 11) is 0. The molecule has 0 atom stereocenters. The van der Waals surface area contributed by atoms with Gasteiger partial charge >= 0.3 is 0 Å². The lowest BCUT2D eigenvalue weighted by Crippen LogP contribution is -2.25. The van der Waals surface area contributed by atoms with E-state index in [9.17, 15) is 9.59 Å². The summed E-state index contributed by atoms with van der Waals surface area (Å²) < 4.78 is 0. The minimum Gasteiger partial charge on any atom is -0.326 e. The fourth-order valence-electron chi connectivity index (χ4n) is 4.21. The second-order valence-corrected chi connectivity index (χ2v) is 7.91. The third-order valence-corrected chi connectivity index (χ3v) is 5.87. The molecule has 0 saturated heterocycles. The first-order valence-electron chi connectivity index (χ1n) is 10.6. The van der Waals surface area contributed by atoms with Crippen LogP contribution in [0.3, 0.4) is 0 Å². The smallest absolute Gasteiger partial charge is 0.271 e. The molecule has 2 aliphatic carbocycles. The van der Waals surface area contributed by atoms with Crippen molar-refractivity contribution < 1.29 is 9.59 Å². The molecule has 2 N–H and O–H groups in total. The van der Waals surface area contributed by atoms with Gasteiger partial charge in [-0.25, -0.2) is 5.43 Å². The molecule has 2 aliphatic rings. The molecule has 2 aromatic carbocycles. The van der Waals surface area contributed by atoms with Gasteiger partial charge in [0.05, 0.1) is 5.71 Å². The number of rotatable bonds is 4. The lowest BCUT2D eigenvalue weighted by Gasteiger charge is -2.20. The Kier molecular flexibility index (Phi) is 6.03. The molecule has 0 bridgehead atoms. The molecule has 5 nitrogen and oxygen atoms in total. The van der Waals surface area contributed by atoms with E-state index >= 15 is 0 Å². The zero-order valence-electron chi connectivity index (χ0n) is 16.6. The maximum atomic E-state index is 12.5. The number of hydrazone groups is 1. The van der Waals surface area contributed by atoms with E-state index in [-0.39, 0.29) is 17.7 Å². The Morgan fingerprint density at radius 3 is 2.41 bits per heavy atom. The van der Waals surface area contributed by atoms with E-state index in [4.69, 9.17) is 0 Å². The van der Waals surface area contributed by atoms with Crippen LogP contribution in [0.2, 0.25) is 0 Å². The third-order valence-electron chi connectivity index (χ3n) is 5.87. The molecular weight excluding hydrogens is 362 g/mol. The van der Waals surface area contributed by atoms with Crippen molar-refractivity contribution in [3.8, 4) is 0 Å². The minimum atomic E-state index is -0.245. The fourth-order valence-corrected chi connectivity index (χ4v) is 4.21. The minimum absolute atomic E-state index is 0.0873. The number of nitrogens with one attached hydrogen (secondary N) is 2. The Labute approximate surface area is 171 Å². The largest absolute Gasteiger partial charge is 0.326 e. The number of benzene rings is 2. The summed E-state index contributed by atoms with van der Waals surface area (Å²) in [6, 6.07) is 15.2. The topological polar surface area (TPSA) is 70.6 Å². The predicted octanol–water partition coefficient (Wildman–Crippen LogP) is 4.68. The molecule has 0 aliphatic heterocycles. The molecule has 150 valence electrons. The molecule has 0 heterocycles. The van der Waals surface area contributed by atoms with Gasteiger partial charge in [-0.2, -0.15) is 5.10 Å². The van der Waals surface area contributed by atoms with Gasteiger partial charge in [0.25, 0.3) is 5.91 Å². The maximum Gasteiger partial charge on any atom is 0.271 e. The highest BCUT2D eigenvalue weighted by molar-refractivity contribution is 6.04. The summed E-state index contributed by atoms with van der Waals surface area (Å²) in [4.78, 5) is 24.8. The van der Waals surface area contributed by atoms with Crippen molar-refractivity contribution in [1.82, 2.24) is 5.43 Å². The first kappa shape index (κ1) is 19.4. The predicted molar refractivity (Wildman–Crippen MR) is 115 cm³/mol. The second-order valence-electron chi connectivity index (χ2n) is 7.91. The number of carbonyl (C=O) groups is 2. The quantitative estimate of drug-likeness (QED) is 0.746. The number of hydrogen-bond acceptors (Lipinski definition) is 3. The third kappa shape index (κ3) is 4.73. The number of amides is 2. The van der Waals surface area contributed by atoms with Gasteiger partial charge in [-0.3, -0.25) is 9.59 Å². The molecule has 29 heavy (non-hydrogen) atoms. The van der Waals surface area contributed by atoms with Gasteiger partial charge in [0, 0.05) is 22.7 Å². The Morgan fingerprint density at radius 2 is 1.62 bits per heavy atom. The highest BCUT2D eigenvalue weighted by Crippen LogP contribution is 2.25. The number of hydrogen-bond donors (Lipinski definition) is 2. The van der Waals surface area contributed by atoms with E-state index in [1.807, 2.05) is 12.1 Å². The van der Waals surface area contributed by atoms with Crippen LogP contribution < -0.4 is 10.7 Å². The van der Waals surface area contributed by atoms with Crippen LogP contribution in [-0.2, 0) is 11.2 Å². The molecule has 0 radical (unpaired) electrons. The highest BCUT2D eigenvalue weighted by Gasteiger charge is 2.21. The first-order valence-corrected chi connectivity index (χ1v) is 10.6. The number of fused-ring (bicyclic) bond motifs is 1. The van der Waals surface area contributed by atoms with Crippen molar-refractivity contribution in [3.05, 3.63) is 65.2 Å². The van der Waals surface area contributed by atoms with Crippen LogP contribution in [0, 0.1) is 5.92 Å². The molecule has 0 aromatic heterocycles. The second kappa shape index (κ2) is 9.03. The van der Waals surface area contributed by atoms with E-state index in [1.165, 1.54) is 12.0 Å². The monoisotopic (exact) mass is 389 g/mol. The van der Waals surface area contributed by atoms with Gasteiger partial charge in [-0.1, -0.05) is 43.5 Å². The van der Waals surface area contributed by atoms with Crippen molar-refractivity contribution in [2.75, 3.05) is 5.32 Å². The van der Waals surface area contributed by atoms with Crippen LogP contribution >= 0.6 is 0 Å². The average Bonchev–Trinajstić information content (AvgIpc) is 2.78. The van der Waals surface area contributed by atoms with Gasteiger partial charge in [0.2, 0.25) is 5.91 Å². The lowest BCUT2D eigenvalue weighted by atomic mass is 9.88. The average molecular weight is 389 g/mol. The number of nitrogens with zero attached hydrogens (tertiary/aromatic N) is 1. The molecule has 0 spiro atoms. The van der Waals surface area contributed by atoms with Gasteiger partial charge in [0.15, 0.2) is 0 Å². The SMILES string of the molecule is O=C(N/N=C1\CCCc2ccccc21)c1ccc(NC(=O)C2CCCCC2)cc1. The highest BCUT2D eigenvalue weighted by atomic mass is 16.2. The summed E-state index contributed by atoms with van der Waals surface area (Å²) in [5, 5.41) is 7.35.